The Kier molecular flexibility index (Phi) is 5.41. The molecule has 25 heavy (non-hydrogen) atoms. The molecule has 2 rings (SSSR count). The molecule has 2 atom stereocenters. The van der Waals surface area contributed by atoms with Crippen LogP contribution in [0, 0.1) is 5.41 Å². The molecule has 1 aliphatic carbocycles. The first kappa shape index (κ1) is 19.2. The van der Waals surface area contributed by atoms with Crippen LogP contribution in [0.4, 0.5) is 0 Å². The number of carbonyl (C=O) groups is 2. The number of carbonyl (C=O) groups excluding carboxylic acids is 2. The van der Waals surface area contributed by atoms with Gasteiger partial charge in [0, 0.05) is 12.2 Å². The molecule has 0 radical (unpaired) electrons. The highest BCUT2D eigenvalue weighted by Gasteiger charge is 2.81. The monoisotopic (exact) mass is 370 g/mol. The first-order valence-corrected chi connectivity index (χ1v) is 9.87. The fourth-order valence-corrected chi connectivity index (χ4v) is 5.06. The van der Waals surface area contributed by atoms with E-state index in [1.807, 2.05) is 0 Å². The van der Waals surface area contributed by atoms with Crippen LogP contribution in [0.15, 0.2) is 24.3 Å². The summed E-state index contributed by atoms with van der Waals surface area (Å²) in [6.07, 6.45) is 1.01. The lowest BCUT2D eigenvalue weighted by molar-refractivity contribution is -0.164. The summed E-state index contributed by atoms with van der Waals surface area (Å²) in [4.78, 5) is 25.2. The highest BCUT2D eigenvalue weighted by atomic mass is 32.2. The maximum Gasteiger partial charge on any atom is 0.325 e. The smallest absolute Gasteiger partial charge is 0.325 e. The second kappa shape index (κ2) is 7.03. The summed E-state index contributed by atoms with van der Waals surface area (Å²) in [5, 5.41) is -1.22. The molecule has 7 nitrogen and oxygen atoms in total. The lowest BCUT2D eigenvalue weighted by Gasteiger charge is -2.15. The van der Waals surface area contributed by atoms with E-state index in [0.29, 0.717) is 11.3 Å². The number of hydrogen-bond acceptors (Lipinski definition) is 7. The molecule has 0 saturated heterocycles. The van der Waals surface area contributed by atoms with Crippen LogP contribution < -0.4 is 4.74 Å². The number of sulfone groups is 1. The van der Waals surface area contributed by atoms with Crippen molar-refractivity contribution in [3.05, 3.63) is 29.8 Å². The predicted octanol–water partition coefficient (Wildman–Crippen LogP) is 1.32. The molecular weight excluding hydrogens is 348 g/mol. The maximum atomic E-state index is 12.6. The van der Waals surface area contributed by atoms with Gasteiger partial charge in [0.25, 0.3) is 0 Å². The van der Waals surface area contributed by atoms with Gasteiger partial charge in [-0.25, -0.2) is 8.42 Å². The van der Waals surface area contributed by atoms with E-state index in [0.717, 1.165) is 6.26 Å². The van der Waals surface area contributed by atoms with Crippen molar-refractivity contribution in [3.8, 4) is 5.75 Å². The van der Waals surface area contributed by atoms with Crippen LogP contribution in [0.3, 0.4) is 0 Å². The summed E-state index contributed by atoms with van der Waals surface area (Å²) < 4.78 is 39.7. The average Bonchev–Trinajstić information content (AvgIpc) is 3.27. The van der Waals surface area contributed by atoms with Gasteiger partial charge < -0.3 is 14.2 Å². The SMILES string of the molecule is CCOC(=O)C1(C(=O)OCC)[C@H](c2ccc(OC)cc2)[C@H]1S(C)(=O)=O. The Morgan fingerprint density at radius 2 is 1.52 bits per heavy atom. The Labute approximate surface area is 147 Å². The number of benzene rings is 1. The van der Waals surface area contributed by atoms with Gasteiger partial charge in [0.05, 0.1) is 25.6 Å². The average molecular weight is 370 g/mol. The third kappa shape index (κ3) is 3.22. The molecule has 0 unspecified atom stereocenters. The minimum atomic E-state index is -3.71. The summed E-state index contributed by atoms with van der Waals surface area (Å²) in [6.45, 7) is 3.26. The topological polar surface area (TPSA) is 96.0 Å². The van der Waals surface area contributed by atoms with Crippen molar-refractivity contribution in [1.29, 1.82) is 0 Å². The third-order valence-corrected chi connectivity index (χ3v) is 5.86. The highest BCUT2D eigenvalue weighted by Crippen LogP contribution is 2.64. The van der Waals surface area contributed by atoms with E-state index in [-0.39, 0.29) is 13.2 Å². The quantitative estimate of drug-likeness (QED) is 0.527. The predicted molar refractivity (Wildman–Crippen MR) is 90.1 cm³/mol. The molecule has 1 aliphatic rings. The van der Waals surface area contributed by atoms with Crippen molar-refractivity contribution in [2.75, 3.05) is 26.6 Å². The first-order chi connectivity index (χ1) is 11.7. The van der Waals surface area contributed by atoms with Crippen molar-refractivity contribution in [3.63, 3.8) is 0 Å². The second-order valence-electron chi connectivity index (χ2n) is 5.81. The summed E-state index contributed by atoms with van der Waals surface area (Å²) in [5.41, 5.74) is -1.33. The van der Waals surface area contributed by atoms with E-state index < -0.39 is 38.4 Å². The second-order valence-corrected chi connectivity index (χ2v) is 7.98. The van der Waals surface area contributed by atoms with Crippen LogP contribution in [-0.2, 0) is 28.9 Å². The first-order valence-electron chi connectivity index (χ1n) is 7.92. The normalized spacial score (nSPS) is 21.3. The molecule has 1 aromatic rings. The molecule has 0 aromatic heterocycles. The van der Waals surface area contributed by atoms with Gasteiger partial charge in [-0.1, -0.05) is 12.1 Å². The largest absolute Gasteiger partial charge is 0.497 e. The van der Waals surface area contributed by atoms with Gasteiger partial charge in [-0.05, 0) is 31.5 Å². The van der Waals surface area contributed by atoms with Crippen molar-refractivity contribution >= 4 is 21.8 Å². The Bertz CT molecular complexity index is 734. The lowest BCUT2D eigenvalue weighted by atomic mass is 9.99. The molecular formula is C17H22O7S. The van der Waals surface area contributed by atoms with Gasteiger partial charge in [-0.2, -0.15) is 0 Å². The molecule has 138 valence electrons. The molecule has 1 saturated carbocycles. The van der Waals surface area contributed by atoms with Crippen molar-refractivity contribution in [1.82, 2.24) is 0 Å². The van der Waals surface area contributed by atoms with Gasteiger partial charge in [0.15, 0.2) is 15.3 Å². The minimum Gasteiger partial charge on any atom is -0.497 e. The molecule has 0 N–H and O–H groups in total. The lowest BCUT2D eigenvalue weighted by Crippen LogP contribution is -2.35. The van der Waals surface area contributed by atoms with Crippen molar-refractivity contribution < 1.29 is 32.2 Å². The van der Waals surface area contributed by atoms with E-state index in [9.17, 15) is 18.0 Å². The molecule has 0 bridgehead atoms. The van der Waals surface area contributed by atoms with Crippen molar-refractivity contribution in [2.24, 2.45) is 5.41 Å². The van der Waals surface area contributed by atoms with Gasteiger partial charge in [-0.3, -0.25) is 9.59 Å². The molecule has 1 aromatic carbocycles. The van der Waals surface area contributed by atoms with Gasteiger partial charge in [-0.15, -0.1) is 0 Å². The Morgan fingerprint density at radius 1 is 1.04 bits per heavy atom. The Morgan fingerprint density at radius 3 is 1.88 bits per heavy atom. The van der Waals surface area contributed by atoms with Gasteiger partial charge >= 0.3 is 11.9 Å². The van der Waals surface area contributed by atoms with E-state index in [2.05, 4.69) is 0 Å². The summed E-state index contributed by atoms with van der Waals surface area (Å²) in [5.74, 6) is -2.01. The zero-order valence-corrected chi connectivity index (χ0v) is 15.5. The zero-order valence-electron chi connectivity index (χ0n) is 14.6. The number of methoxy groups -OCH3 is 1. The van der Waals surface area contributed by atoms with Crippen LogP contribution in [0.5, 0.6) is 5.75 Å². The molecule has 0 amide bonds. The number of esters is 2. The Balaban J connectivity index is 2.56. The van der Waals surface area contributed by atoms with Crippen molar-refractivity contribution in [2.45, 2.75) is 25.0 Å². The van der Waals surface area contributed by atoms with E-state index in [4.69, 9.17) is 14.2 Å². The summed E-state index contributed by atoms with van der Waals surface area (Å²) in [7, 11) is -2.20. The van der Waals surface area contributed by atoms with E-state index in [1.165, 1.54) is 7.11 Å². The van der Waals surface area contributed by atoms with E-state index >= 15 is 0 Å². The number of rotatable bonds is 7. The highest BCUT2D eigenvalue weighted by molar-refractivity contribution is 7.91. The van der Waals surface area contributed by atoms with Crippen LogP contribution in [0.25, 0.3) is 0 Å². The Hall–Kier alpha value is -2.09. The summed E-state index contributed by atoms with van der Waals surface area (Å²) >= 11 is 0. The fraction of sp³-hybridized carbons (Fsp3) is 0.529. The molecule has 8 heteroatoms. The molecule has 0 heterocycles. The van der Waals surface area contributed by atoms with Crippen LogP contribution in [0.1, 0.15) is 25.3 Å². The maximum absolute atomic E-state index is 12.6. The number of ether oxygens (including phenoxy) is 3. The zero-order chi connectivity index (χ0) is 18.8. The van der Waals surface area contributed by atoms with Gasteiger partial charge in [0.2, 0.25) is 0 Å². The molecule has 0 spiro atoms. The molecule has 0 aliphatic heterocycles. The van der Waals surface area contributed by atoms with Crippen LogP contribution in [-0.4, -0.2) is 52.2 Å². The fourth-order valence-electron chi connectivity index (χ4n) is 3.26. The van der Waals surface area contributed by atoms with Gasteiger partial charge in [0.1, 0.15) is 5.75 Å². The van der Waals surface area contributed by atoms with Crippen LogP contribution in [0.2, 0.25) is 0 Å². The molecule has 1 fully saturated rings. The standard InChI is InChI=1S/C17H22O7S/c1-5-23-15(18)17(16(19)24-6-2)13(14(17)25(4,20)21)11-7-9-12(22-3)10-8-11/h7-10,13-14H,5-6H2,1-4H3/t13-,14-/m1/s1. The minimum absolute atomic E-state index is 0.0335. The number of hydrogen-bond donors (Lipinski definition) is 0. The van der Waals surface area contributed by atoms with E-state index in [1.54, 1.807) is 38.1 Å². The third-order valence-electron chi connectivity index (χ3n) is 4.30. The summed E-state index contributed by atoms with van der Waals surface area (Å²) in [6, 6.07) is 6.58. The van der Waals surface area contributed by atoms with Crippen LogP contribution >= 0.6 is 0 Å².